The molecule has 0 bridgehead atoms. The standard InChI is InChI=1S/C12H14F2N2O4/c1-12(2,18)6-15(3)11(17)8-4-7(13)5-9(10(8)14)16(19)20/h4-5,18H,6H2,1-3H3. The first-order valence-electron chi connectivity index (χ1n) is 5.64. The second-order valence-corrected chi connectivity index (χ2v) is 5.02. The van der Waals surface area contributed by atoms with Crippen LogP contribution in [0.1, 0.15) is 24.2 Å². The topological polar surface area (TPSA) is 83.7 Å². The minimum Gasteiger partial charge on any atom is -0.389 e. The monoisotopic (exact) mass is 288 g/mol. The molecule has 0 heterocycles. The summed E-state index contributed by atoms with van der Waals surface area (Å²) in [6, 6.07) is 0.994. The second kappa shape index (κ2) is 5.49. The molecule has 1 aromatic rings. The van der Waals surface area contributed by atoms with E-state index < -0.39 is 39.3 Å². The predicted octanol–water partition coefficient (Wildman–Crippen LogP) is 1.72. The van der Waals surface area contributed by atoms with Crippen molar-refractivity contribution in [2.45, 2.75) is 19.4 Å². The molecule has 1 amide bonds. The number of hydrogen-bond acceptors (Lipinski definition) is 4. The summed E-state index contributed by atoms with van der Waals surface area (Å²) in [6.45, 7) is 2.72. The number of rotatable bonds is 4. The van der Waals surface area contributed by atoms with Crippen LogP contribution in [-0.4, -0.2) is 40.0 Å². The molecule has 0 saturated carbocycles. The molecule has 8 heteroatoms. The van der Waals surface area contributed by atoms with Crippen LogP contribution >= 0.6 is 0 Å². The van der Waals surface area contributed by atoms with Crippen molar-refractivity contribution < 1.29 is 23.6 Å². The average Bonchev–Trinajstić information content (AvgIpc) is 2.28. The number of benzene rings is 1. The third kappa shape index (κ3) is 3.70. The molecule has 0 aliphatic rings. The number of nitro groups is 1. The van der Waals surface area contributed by atoms with Gasteiger partial charge < -0.3 is 10.0 Å². The van der Waals surface area contributed by atoms with Crippen LogP contribution in [0.3, 0.4) is 0 Å². The Kier molecular flexibility index (Phi) is 4.39. The highest BCUT2D eigenvalue weighted by molar-refractivity contribution is 5.95. The van der Waals surface area contributed by atoms with Crippen molar-refractivity contribution in [3.8, 4) is 0 Å². The summed E-state index contributed by atoms with van der Waals surface area (Å²) in [4.78, 5) is 22.4. The minimum absolute atomic E-state index is 0.143. The Morgan fingerprint density at radius 1 is 1.45 bits per heavy atom. The fourth-order valence-electron chi connectivity index (χ4n) is 1.72. The van der Waals surface area contributed by atoms with Crippen LogP contribution in [0.2, 0.25) is 0 Å². The van der Waals surface area contributed by atoms with Crippen LogP contribution in [0.5, 0.6) is 0 Å². The molecule has 1 rings (SSSR count). The summed E-state index contributed by atoms with van der Waals surface area (Å²) in [6.07, 6.45) is 0. The summed E-state index contributed by atoms with van der Waals surface area (Å²) in [5, 5.41) is 20.2. The molecule has 0 aliphatic heterocycles. The number of hydrogen-bond donors (Lipinski definition) is 1. The van der Waals surface area contributed by atoms with Crippen LogP contribution in [0.4, 0.5) is 14.5 Å². The van der Waals surface area contributed by atoms with E-state index in [1.807, 2.05) is 0 Å². The van der Waals surface area contributed by atoms with Crippen LogP contribution < -0.4 is 0 Å². The maximum atomic E-state index is 13.8. The lowest BCUT2D eigenvalue weighted by Crippen LogP contribution is -2.40. The van der Waals surface area contributed by atoms with Gasteiger partial charge in [0.05, 0.1) is 22.2 Å². The molecule has 0 saturated heterocycles. The van der Waals surface area contributed by atoms with Crippen molar-refractivity contribution >= 4 is 11.6 Å². The van der Waals surface area contributed by atoms with Gasteiger partial charge in [-0.05, 0) is 19.9 Å². The molecule has 1 aromatic carbocycles. The number of amides is 1. The summed E-state index contributed by atoms with van der Waals surface area (Å²) in [7, 11) is 1.27. The SMILES string of the molecule is CN(CC(C)(C)O)C(=O)c1cc(F)cc([N+](=O)[O-])c1F. The minimum atomic E-state index is -1.40. The van der Waals surface area contributed by atoms with E-state index in [2.05, 4.69) is 0 Å². The van der Waals surface area contributed by atoms with E-state index in [4.69, 9.17) is 0 Å². The molecular formula is C12H14F2N2O4. The number of carbonyl (C=O) groups excluding carboxylic acids is 1. The van der Waals surface area contributed by atoms with Crippen LogP contribution in [-0.2, 0) is 0 Å². The number of halogens is 2. The third-order valence-corrected chi connectivity index (χ3v) is 2.42. The molecule has 20 heavy (non-hydrogen) atoms. The van der Waals surface area contributed by atoms with Gasteiger partial charge in [-0.3, -0.25) is 14.9 Å². The summed E-state index contributed by atoms with van der Waals surface area (Å²) >= 11 is 0. The first kappa shape index (κ1) is 16.0. The second-order valence-electron chi connectivity index (χ2n) is 5.02. The van der Waals surface area contributed by atoms with Crippen LogP contribution in [0, 0.1) is 21.7 Å². The van der Waals surface area contributed by atoms with Crippen molar-refractivity contribution in [3.63, 3.8) is 0 Å². The molecule has 0 radical (unpaired) electrons. The van der Waals surface area contributed by atoms with Gasteiger partial charge in [0.25, 0.3) is 5.91 Å². The van der Waals surface area contributed by atoms with Gasteiger partial charge in [0.1, 0.15) is 5.82 Å². The molecule has 0 fully saturated rings. The number of nitrogens with zero attached hydrogens (tertiary/aromatic N) is 2. The lowest BCUT2D eigenvalue weighted by molar-refractivity contribution is -0.387. The largest absolute Gasteiger partial charge is 0.389 e. The predicted molar refractivity (Wildman–Crippen MR) is 66.3 cm³/mol. The van der Waals surface area contributed by atoms with Gasteiger partial charge in [-0.15, -0.1) is 0 Å². The Morgan fingerprint density at radius 2 is 2.00 bits per heavy atom. The van der Waals surface area contributed by atoms with Gasteiger partial charge in [0.15, 0.2) is 0 Å². The van der Waals surface area contributed by atoms with Crippen LogP contribution in [0.15, 0.2) is 12.1 Å². The normalized spacial score (nSPS) is 11.3. The van der Waals surface area contributed by atoms with Crippen molar-refractivity contribution in [2.24, 2.45) is 0 Å². The zero-order valence-electron chi connectivity index (χ0n) is 11.2. The zero-order valence-corrected chi connectivity index (χ0v) is 11.2. The Morgan fingerprint density at radius 3 is 2.45 bits per heavy atom. The smallest absolute Gasteiger partial charge is 0.308 e. The first-order chi connectivity index (χ1) is 9.03. The third-order valence-electron chi connectivity index (χ3n) is 2.42. The maximum absolute atomic E-state index is 13.8. The summed E-state index contributed by atoms with van der Waals surface area (Å²) in [5.41, 5.74) is -3.09. The van der Waals surface area contributed by atoms with Crippen molar-refractivity contribution in [2.75, 3.05) is 13.6 Å². The van der Waals surface area contributed by atoms with Gasteiger partial charge in [-0.1, -0.05) is 0 Å². The average molecular weight is 288 g/mol. The molecule has 1 N–H and O–H groups in total. The van der Waals surface area contributed by atoms with E-state index >= 15 is 0 Å². The van der Waals surface area contributed by atoms with E-state index in [1.54, 1.807) is 0 Å². The molecule has 0 unspecified atom stereocenters. The fraction of sp³-hybridized carbons (Fsp3) is 0.417. The van der Waals surface area contributed by atoms with Crippen molar-refractivity contribution in [1.82, 2.24) is 4.90 Å². The summed E-state index contributed by atoms with van der Waals surface area (Å²) in [5.74, 6) is -3.44. The molecule has 110 valence electrons. The van der Waals surface area contributed by atoms with Gasteiger partial charge in [-0.2, -0.15) is 4.39 Å². The molecule has 0 spiro atoms. The Hall–Kier alpha value is -2.09. The molecule has 0 aromatic heterocycles. The first-order valence-corrected chi connectivity index (χ1v) is 5.64. The molecular weight excluding hydrogens is 274 g/mol. The van der Waals surface area contributed by atoms with E-state index in [0.717, 1.165) is 4.90 Å². The number of aliphatic hydroxyl groups is 1. The van der Waals surface area contributed by atoms with Crippen molar-refractivity contribution in [3.05, 3.63) is 39.4 Å². The quantitative estimate of drug-likeness (QED) is 0.675. The Balaban J connectivity index is 3.20. The Bertz CT molecular complexity index is 555. The Labute approximate surface area is 113 Å². The highest BCUT2D eigenvalue weighted by Gasteiger charge is 2.28. The lowest BCUT2D eigenvalue weighted by atomic mass is 10.1. The number of carbonyl (C=O) groups is 1. The van der Waals surface area contributed by atoms with Gasteiger partial charge in [0, 0.05) is 13.6 Å². The molecule has 0 atom stereocenters. The van der Waals surface area contributed by atoms with E-state index in [1.165, 1.54) is 20.9 Å². The number of nitro benzene ring substituents is 1. The van der Waals surface area contributed by atoms with Gasteiger partial charge in [0.2, 0.25) is 5.82 Å². The zero-order chi connectivity index (χ0) is 15.7. The fourth-order valence-corrected chi connectivity index (χ4v) is 1.72. The van der Waals surface area contributed by atoms with Gasteiger partial charge >= 0.3 is 5.69 Å². The van der Waals surface area contributed by atoms with E-state index in [9.17, 15) is 28.8 Å². The highest BCUT2D eigenvalue weighted by atomic mass is 19.1. The number of likely N-dealkylation sites (N-methyl/N-ethyl adjacent to an activating group) is 1. The molecule has 0 aliphatic carbocycles. The maximum Gasteiger partial charge on any atom is 0.308 e. The highest BCUT2D eigenvalue weighted by Crippen LogP contribution is 2.23. The summed E-state index contributed by atoms with van der Waals surface area (Å²) < 4.78 is 27.1. The lowest BCUT2D eigenvalue weighted by Gasteiger charge is -2.25. The van der Waals surface area contributed by atoms with Gasteiger partial charge in [-0.25, -0.2) is 4.39 Å². The van der Waals surface area contributed by atoms with E-state index in [-0.39, 0.29) is 6.54 Å². The van der Waals surface area contributed by atoms with E-state index in [0.29, 0.717) is 12.1 Å². The van der Waals surface area contributed by atoms with Crippen LogP contribution in [0.25, 0.3) is 0 Å². The molecule has 6 nitrogen and oxygen atoms in total. The van der Waals surface area contributed by atoms with Crippen molar-refractivity contribution in [1.29, 1.82) is 0 Å².